The van der Waals surface area contributed by atoms with Crippen LogP contribution in [0.25, 0.3) is 11.2 Å². The zero-order valence-electron chi connectivity index (χ0n) is 23.6. The van der Waals surface area contributed by atoms with Crippen molar-refractivity contribution >= 4 is 46.2 Å². The predicted molar refractivity (Wildman–Crippen MR) is 152 cm³/mol. The molecule has 9 nitrogen and oxygen atoms in total. The van der Waals surface area contributed by atoms with Gasteiger partial charge in [-0.05, 0) is 62.8 Å². The maximum atomic E-state index is 13.1. The number of amides is 2. The topological polar surface area (TPSA) is 129 Å². The molecule has 3 aromatic rings. The van der Waals surface area contributed by atoms with Crippen molar-refractivity contribution < 1.29 is 41.4 Å². The number of aromatic amines is 1. The maximum Gasteiger partial charge on any atom is 0.391 e. The number of nitrogens with one attached hydrogen (secondary N) is 3. The van der Waals surface area contributed by atoms with Crippen molar-refractivity contribution in [3.8, 4) is 5.88 Å². The molecule has 0 aliphatic heterocycles. The molecule has 0 spiro atoms. The third-order valence-corrected chi connectivity index (χ3v) is 8.03. The normalized spacial score (nSPS) is 17.6. The quantitative estimate of drug-likeness (QED) is 0.205. The highest BCUT2D eigenvalue weighted by atomic mass is 35.5. The van der Waals surface area contributed by atoms with Gasteiger partial charge in [-0.1, -0.05) is 29.3 Å². The Morgan fingerprint density at radius 1 is 1.14 bits per heavy atom. The number of aromatic nitrogens is 3. The highest BCUT2D eigenvalue weighted by molar-refractivity contribution is 6.36. The number of hydrogen-bond donors (Lipinski definition) is 4. The smallest absolute Gasteiger partial charge is 0.391 e. The van der Waals surface area contributed by atoms with Gasteiger partial charge in [-0.2, -0.15) is 18.2 Å². The third kappa shape index (κ3) is 8.27. The number of H-pyrrole nitrogens is 1. The minimum atomic E-state index is -4.30. The molecule has 1 aliphatic rings. The first-order valence-electron chi connectivity index (χ1n) is 13.7. The number of benzene rings is 1. The van der Waals surface area contributed by atoms with Gasteiger partial charge in [0, 0.05) is 24.0 Å². The largest absolute Gasteiger partial charge is 0.471 e. The van der Waals surface area contributed by atoms with E-state index < -0.39 is 54.5 Å². The molecule has 1 fully saturated rings. The van der Waals surface area contributed by atoms with E-state index in [0.29, 0.717) is 22.0 Å². The fourth-order valence-electron chi connectivity index (χ4n) is 4.81. The number of rotatable bonds is 10. The standard InChI is InChI=1S/C28H30Cl2F5N5O4/c1-27(2,43)26(42)36-11-13-3-8-18(29)16(22(13)30)10-21-38-19-9-17(25(40-23(19)39-21)44-12-20(31)32)24(41)37-15-6-4-14(5-7-15)28(33,34)35/h3,8-9,14-15,20,43H,4-7,10-12H2,1-2H3,(H,36,42)(H,37,41)(H,38,39,40). The van der Waals surface area contributed by atoms with Crippen LogP contribution in [-0.2, 0) is 17.8 Å². The summed E-state index contributed by atoms with van der Waals surface area (Å²) in [7, 11) is 0. The first kappa shape index (κ1) is 33.7. The van der Waals surface area contributed by atoms with Crippen LogP contribution in [0.15, 0.2) is 18.2 Å². The van der Waals surface area contributed by atoms with Crippen LogP contribution in [0.3, 0.4) is 0 Å². The SMILES string of the molecule is CC(C)(O)C(=O)NCc1ccc(Cl)c(Cc2nc3nc(OCC(F)F)c(C(=O)NC4CCC(C(F)(F)F)CC4)cc3[nH]2)c1Cl. The summed E-state index contributed by atoms with van der Waals surface area (Å²) in [6, 6.07) is 3.98. The van der Waals surface area contributed by atoms with E-state index in [9.17, 15) is 36.6 Å². The summed E-state index contributed by atoms with van der Waals surface area (Å²) in [4.78, 5) is 36.7. The first-order chi connectivity index (χ1) is 20.5. The lowest BCUT2D eigenvalue weighted by Crippen LogP contribution is -2.41. The Kier molecular flexibility index (Phi) is 10.3. The predicted octanol–water partition coefficient (Wildman–Crippen LogP) is 5.74. The van der Waals surface area contributed by atoms with Crippen LogP contribution >= 0.6 is 23.2 Å². The Hall–Kier alpha value is -3.23. The lowest BCUT2D eigenvalue weighted by molar-refractivity contribution is -0.182. The number of ether oxygens (including phenoxy) is 1. The van der Waals surface area contributed by atoms with Crippen molar-refractivity contribution in [2.24, 2.45) is 5.92 Å². The van der Waals surface area contributed by atoms with E-state index in [1.165, 1.54) is 19.9 Å². The monoisotopic (exact) mass is 665 g/mol. The van der Waals surface area contributed by atoms with Crippen LogP contribution in [-0.4, -0.2) is 62.7 Å². The highest BCUT2D eigenvalue weighted by Crippen LogP contribution is 2.38. The Morgan fingerprint density at radius 2 is 1.82 bits per heavy atom. The maximum absolute atomic E-state index is 13.1. The molecular weight excluding hydrogens is 636 g/mol. The van der Waals surface area contributed by atoms with E-state index in [4.69, 9.17) is 27.9 Å². The molecule has 240 valence electrons. The van der Waals surface area contributed by atoms with Gasteiger partial charge in [0.25, 0.3) is 18.2 Å². The summed E-state index contributed by atoms with van der Waals surface area (Å²) in [5.74, 6) is -2.87. The molecule has 0 atom stereocenters. The Bertz CT molecular complexity index is 1520. The molecule has 1 saturated carbocycles. The molecule has 0 radical (unpaired) electrons. The minimum absolute atomic E-state index is 0.00861. The second-order valence-electron chi connectivity index (χ2n) is 11.1. The molecule has 0 bridgehead atoms. The molecule has 4 rings (SSSR count). The van der Waals surface area contributed by atoms with Gasteiger partial charge in [0.05, 0.1) is 16.5 Å². The van der Waals surface area contributed by atoms with Crippen LogP contribution in [0.5, 0.6) is 5.88 Å². The molecule has 0 saturated heterocycles. The van der Waals surface area contributed by atoms with E-state index in [1.807, 2.05) is 0 Å². The molecular formula is C28H30Cl2F5N5O4. The number of alkyl halides is 5. The van der Waals surface area contributed by atoms with Gasteiger partial charge in [-0.25, -0.2) is 13.8 Å². The van der Waals surface area contributed by atoms with Crippen molar-refractivity contribution in [1.82, 2.24) is 25.6 Å². The van der Waals surface area contributed by atoms with Crippen LogP contribution in [0.1, 0.15) is 66.8 Å². The zero-order chi connectivity index (χ0) is 32.4. The number of pyridine rings is 1. The van der Waals surface area contributed by atoms with Crippen molar-refractivity contribution in [1.29, 1.82) is 0 Å². The third-order valence-electron chi connectivity index (χ3n) is 7.21. The van der Waals surface area contributed by atoms with Crippen molar-refractivity contribution in [2.45, 2.75) is 76.7 Å². The summed E-state index contributed by atoms with van der Waals surface area (Å²) in [6.07, 6.45) is -7.17. The molecule has 16 heteroatoms. The number of hydrogen-bond acceptors (Lipinski definition) is 6. The number of carbonyl (C=O) groups excluding carboxylic acids is 2. The molecule has 2 heterocycles. The summed E-state index contributed by atoms with van der Waals surface area (Å²) >= 11 is 13.0. The molecule has 2 aromatic heterocycles. The lowest BCUT2D eigenvalue weighted by Gasteiger charge is -2.30. The fourth-order valence-corrected chi connectivity index (χ4v) is 5.38. The van der Waals surface area contributed by atoms with Crippen LogP contribution < -0.4 is 15.4 Å². The van der Waals surface area contributed by atoms with E-state index in [2.05, 4.69) is 25.6 Å². The first-order valence-corrected chi connectivity index (χ1v) is 14.4. The van der Waals surface area contributed by atoms with Gasteiger partial charge in [-0.3, -0.25) is 9.59 Å². The Labute approximate surface area is 258 Å². The number of carbonyl (C=O) groups is 2. The van der Waals surface area contributed by atoms with Crippen LogP contribution in [0.2, 0.25) is 10.0 Å². The average Bonchev–Trinajstić information content (AvgIpc) is 3.33. The van der Waals surface area contributed by atoms with E-state index in [0.717, 1.165) is 0 Å². The van der Waals surface area contributed by atoms with Gasteiger partial charge in [-0.15, -0.1) is 0 Å². The molecule has 1 aliphatic carbocycles. The molecule has 2 amide bonds. The molecule has 44 heavy (non-hydrogen) atoms. The van der Waals surface area contributed by atoms with Gasteiger partial charge >= 0.3 is 6.18 Å². The highest BCUT2D eigenvalue weighted by Gasteiger charge is 2.41. The summed E-state index contributed by atoms with van der Waals surface area (Å²) < 4.78 is 70.1. The van der Waals surface area contributed by atoms with Crippen LogP contribution in [0.4, 0.5) is 22.0 Å². The van der Waals surface area contributed by atoms with E-state index in [1.54, 1.807) is 12.1 Å². The summed E-state index contributed by atoms with van der Waals surface area (Å²) in [6.45, 7) is 1.65. The number of fused-ring (bicyclic) bond motifs is 1. The van der Waals surface area contributed by atoms with Gasteiger partial charge in [0.2, 0.25) is 5.88 Å². The zero-order valence-corrected chi connectivity index (χ0v) is 25.1. The van der Waals surface area contributed by atoms with Crippen molar-refractivity contribution in [3.63, 3.8) is 0 Å². The molecule has 1 aromatic carbocycles. The lowest BCUT2D eigenvalue weighted by atomic mass is 9.85. The fraction of sp³-hybridized carbons (Fsp3) is 0.500. The molecule has 0 unspecified atom stereocenters. The number of imidazole rings is 1. The average molecular weight is 666 g/mol. The second-order valence-corrected chi connectivity index (χ2v) is 11.9. The number of halogens is 7. The minimum Gasteiger partial charge on any atom is -0.471 e. The van der Waals surface area contributed by atoms with Gasteiger partial charge in [0.1, 0.15) is 17.0 Å². The van der Waals surface area contributed by atoms with Gasteiger partial charge in [0.15, 0.2) is 12.3 Å². The van der Waals surface area contributed by atoms with Crippen molar-refractivity contribution in [2.75, 3.05) is 6.61 Å². The van der Waals surface area contributed by atoms with Crippen molar-refractivity contribution in [3.05, 3.63) is 50.8 Å². The van der Waals surface area contributed by atoms with E-state index >= 15 is 0 Å². The Balaban J connectivity index is 1.56. The molecule has 4 N–H and O–H groups in total. The number of aliphatic hydroxyl groups is 1. The Morgan fingerprint density at radius 3 is 2.43 bits per heavy atom. The van der Waals surface area contributed by atoms with Crippen LogP contribution in [0, 0.1) is 5.92 Å². The van der Waals surface area contributed by atoms with E-state index in [-0.39, 0.29) is 60.4 Å². The number of nitrogens with zero attached hydrogens (tertiary/aromatic N) is 2. The second kappa shape index (κ2) is 13.4. The summed E-state index contributed by atoms with van der Waals surface area (Å²) in [5.41, 5.74) is -0.508. The summed E-state index contributed by atoms with van der Waals surface area (Å²) in [5, 5.41) is 15.6. The van der Waals surface area contributed by atoms with Gasteiger partial charge < -0.3 is 25.5 Å².